The SMILES string of the molecule is CCCC(C)Oc1ccc(CNCC)cc1C(F)(F)F. The van der Waals surface area contributed by atoms with Gasteiger partial charge in [0, 0.05) is 6.54 Å². The van der Waals surface area contributed by atoms with E-state index in [1.54, 1.807) is 13.0 Å². The average Bonchev–Trinajstić information content (AvgIpc) is 2.36. The molecular formula is C15H22F3NO. The van der Waals surface area contributed by atoms with Crippen LogP contribution in [0.3, 0.4) is 0 Å². The Morgan fingerprint density at radius 2 is 1.95 bits per heavy atom. The predicted molar refractivity (Wildman–Crippen MR) is 73.8 cm³/mol. The number of hydrogen-bond donors (Lipinski definition) is 1. The van der Waals surface area contributed by atoms with Crippen LogP contribution in [0, 0.1) is 0 Å². The number of halogens is 3. The first kappa shape index (κ1) is 16.8. The summed E-state index contributed by atoms with van der Waals surface area (Å²) in [7, 11) is 0. The molecule has 0 radical (unpaired) electrons. The molecule has 0 aromatic heterocycles. The van der Waals surface area contributed by atoms with Gasteiger partial charge >= 0.3 is 6.18 Å². The Morgan fingerprint density at radius 3 is 2.50 bits per heavy atom. The van der Waals surface area contributed by atoms with Crippen molar-refractivity contribution in [2.45, 2.75) is 52.4 Å². The van der Waals surface area contributed by atoms with Crippen LogP contribution in [-0.2, 0) is 12.7 Å². The average molecular weight is 289 g/mol. The molecule has 2 nitrogen and oxygen atoms in total. The Kier molecular flexibility index (Phi) is 6.33. The minimum Gasteiger partial charge on any atom is -0.490 e. The van der Waals surface area contributed by atoms with Gasteiger partial charge < -0.3 is 10.1 Å². The van der Waals surface area contributed by atoms with Crippen molar-refractivity contribution in [1.82, 2.24) is 5.32 Å². The minimum absolute atomic E-state index is 0.0845. The summed E-state index contributed by atoms with van der Waals surface area (Å²) >= 11 is 0. The van der Waals surface area contributed by atoms with Crippen molar-refractivity contribution in [3.05, 3.63) is 29.3 Å². The molecule has 1 rings (SSSR count). The second-order valence-corrected chi connectivity index (χ2v) is 4.83. The third-order valence-electron chi connectivity index (χ3n) is 2.95. The number of ether oxygens (including phenoxy) is 1. The Bertz CT molecular complexity index is 418. The van der Waals surface area contributed by atoms with Gasteiger partial charge in [-0.1, -0.05) is 26.3 Å². The fourth-order valence-corrected chi connectivity index (χ4v) is 1.96. The van der Waals surface area contributed by atoms with Gasteiger partial charge in [-0.2, -0.15) is 13.2 Å². The molecule has 114 valence electrons. The molecule has 0 heterocycles. The van der Waals surface area contributed by atoms with Gasteiger partial charge in [0.25, 0.3) is 0 Å². The number of alkyl halides is 3. The summed E-state index contributed by atoms with van der Waals surface area (Å²) in [6.07, 6.45) is -3.01. The highest BCUT2D eigenvalue weighted by Gasteiger charge is 2.35. The number of nitrogens with one attached hydrogen (secondary N) is 1. The predicted octanol–water partition coefficient (Wildman–Crippen LogP) is 4.38. The van der Waals surface area contributed by atoms with Gasteiger partial charge in [0.15, 0.2) is 0 Å². The van der Waals surface area contributed by atoms with Crippen LogP contribution in [0.25, 0.3) is 0 Å². The lowest BCUT2D eigenvalue weighted by Crippen LogP contribution is -2.17. The van der Waals surface area contributed by atoms with Crippen LogP contribution in [0.4, 0.5) is 13.2 Å². The first-order valence-corrected chi connectivity index (χ1v) is 6.96. The Morgan fingerprint density at radius 1 is 1.25 bits per heavy atom. The van der Waals surface area contributed by atoms with Crippen LogP contribution in [0.1, 0.15) is 44.7 Å². The second kappa shape index (κ2) is 7.53. The maximum atomic E-state index is 13.1. The maximum absolute atomic E-state index is 13.1. The van der Waals surface area contributed by atoms with E-state index >= 15 is 0 Å². The summed E-state index contributed by atoms with van der Waals surface area (Å²) < 4.78 is 44.7. The first-order chi connectivity index (χ1) is 9.38. The summed E-state index contributed by atoms with van der Waals surface area (Å²) in [4.78, 5) is 0. The zero-order valence-corrected chi connectivity index (χ0v) is 12.2. The molecule has 1 unspecified atom stereocenters. The molecule has 0 aliphatic heterocycles. The lowest BCUT2D eigenvalue weighted by molar-refractivity contribution is -0.139. The van der Waals surface area contributed by atoms with Gasteiger partial charge in [-0.3, -0.25) is 0 Å². The zero-order valence-electron chi connectivity index (χ0n) is 12.2. The van der Waals surface area contributed by atoms with Crippen molar-refractivity contribution >= 4 is 0 Å². The fourth-order valence-electron chi connectivity index (χ4n) is 1.96. The molecule has 0 fully saturated rings. The number of hydrogen-bond acceptors (Lipinski definition) is 2. The summed E-state index contributed by atoms with van der Waals surface area (Å²) in [5.41, 5.74) is -0.0921. The van der Waals surface area contributed by atoms with Gasteiger partial charge in [0.05, 0.1) is 11.7 Å². The van der Waals surface area contributed by atoms with E-state index in [0.717, 1.165) is 18.9 Å². The molecule has 0 spiro atoms. The van der Waals surface area contributed by atoms with E-state index in [0.29, 0.717) is 18.7 Å². The van der Waals surface area contributed by atoms with Crippen molar-refractivity contribution in [3.63, 3.8) is 0 Å². The molecular weight excluding hydrogens is 267 g/mol. The van der Waals surface area contributed by atoms with Crippen LogP contribution in [0.5, 0.6) is 5.75 Å². The summed E-state index contributed by atoms with van der Waals surface area (Å²) in [6.45, 7) is 6.81. The minimum atomic E-state index is -4.40. The molecule has 5 heteroatoms. The molecule has 0 amide bonds. The molecule has 0 saturated carbocycles. The molecule has 0 aliphatic rings. The molecule has 1 N–H and O–H groups in total. The highest BCUT2D eigenvalue weighted by atomic mass is 19.4. The molecule has 1 atom stereocenters. The van der Waals surface area contributed by atoms with Gasteiger partial charge in [-0.25, -0.2) is 0 Å². The molecule has 1 aromatic carbocycles. The van der Waals surface area contributed by atoms with Crippen molar-refractivity contribution in [1.29, 1.82) is 0 Å². The van der Waals surface area contributed by atoms with E-state index in [9.17, 15) is 13.2 Å². The molecule has 0 bridgehead atoms. The first-order valence-electron chi connectivity index (χ1n) is 6.96. The summed E-state index contributed by atoms with van der Waals surface area (Å²) in [5, 5.41) is 3.02. The topological polar surface area (TPSA) is 21.3 Å². The van der Waals surface area contributed by atoms with Crippen molar-refractivity contribution < 1.29 is 17.9 Å². The smallest absolute Gasteiger partial charge is 0.419 e. The van der Waals surface area contributed by atoms with E-state index < -0.39 is 11.7 Å². The molecule has 0 saturated heterocycles. The number of rotatable bonds is 7. The van der Waals surface area contributed by atoms with E-state index in [1.165, 1.54) is 6.07 Å². The van der Waals surface area contributed by atoms with Crippen LogP contribution >= 0.6 is 0 Å². The van der Waals surface area contributed by atoms with E-state index in [-0.39, 0.29) is 11.9 Å². The fraction of sp³-hybridized carbons (Fsp3) is 0.600. The standard InChI is InChI=1S/C15H22F3NO/c1-4-6-11(3)20-14-8-7-12(10-19-5-2)9-13(14)15(16,17)18/h7-9,11,19H,4-6,10H2,1-3H3. The van der Waals surface area contributed by atoms with Gasteiger partial charge in [-0.15, -0.1) is 0 Å². The number of benzene rings is 1. The highest BCUT2D eigenvalue weighted by Crippen LogP contribution is 2.37. The van der Waals surface area contributed by atoms with Gasteiger partial charge in [0.1, 0.15) is 5.75 Å². The third kappa shape index (κ3) is 5.04. The van der Waals surface area contributed by atoms with Crippen molar-refractivity contribution in [3.8, 4) is 5.75 Å². The van der Waals surface area contributed by atoms with Gasteiger partial charge in [0.2, 0.25) is 0 Å². The third-order valence-corrected chi connectivity index (χ3v) is 2.95. The highest BCUT2D eigenvalue weighted by molar-refractivity contribution is 5.39. The van der Waals surface area contributed by atoms with Crippen LogP contribution < -0.4 is 10.1 Å². The molecule has 20 heavy (non-hydrogen) atoms. The Hall–Kier alpha value is -1.23. The van der Waals surface area contributed by atoms with Gasteiger partial charge in [-0.05, 0) is 37.6 Å². The van der Waals surface area contributed by atoms with Crippen LogP contribution in [0.2, 0.25) is 0 Å². The van der Waals surface area contributed by atoms with Crippen LogP contribution in [0.15, 0.2) is 18.2 Å². The Balaban J connectivity index is 2.98. The van der Waals surface area contributed by atoms with E-state index in [2.05, 4.69) is 5.32 Å². The summed E-state index contributed by atoms with van der Waals surface area (Å²) in [6, 6.07) is 4.25. The lowest BCUT2D eigenvalue weighted by Gasteiger charge is -2.19. The monoisotopic (exact) mass is 289 g/mol. The Labute approximate surface area is 118 Å². The van der Waals surface area contributed by atoms with E-state index in [1.807, 2.05) is 13.8 Å². The van der Waals surface area contributed by atoms with Crippen molar-refractivity contribution in [2.75, 3.05) is 6.54 Å². The quantitative estimate of drug-likeness (QED) is 0.804. The second-order valence-electron chi connectivity index (χ2n) is 4.83. The largest absolute Gasteiger partial charge is 0.490 e. The maximum Gasteiger partial charge on any atom is 0.419 e. The zero-order chi connectivity index (χ0) is 15.2. The van der Waals surface area contributed by atoms with E-state index in [4.69, 9.17) is 4.74 Å². The van der Waals surface area contributed by atoms with Crippen LogP contribution in [-0.4, -0.2) is 12.6 Å². The molecule has 1 aromatic rings. The lowest BCUT2D eigenvalue weighted by atomic mass is 10.1. The normalized spacial score (nSPS) is 13.3. The van der Waals surface area contributed by atoms with Crippen molar-refractivity contribution in [2.24, 2.45) is 0 Å². The summed E-state index contributed by atoms with van der Waals surface area (Å²) in [5.74, 6) is -0.0845. The molecule has 0 aliphatic carbocycles.